The topological polar surface area (TPSA) is 137 Å². The first kappa shape index (κ1) is 31.6. The minimum Gasteiger partial charge on any atom is -0.481 e. The van der Waals surface area contributed by atoms with Gasteiger partial charge in [0.05, 0.1) is 34.0 Å². The summed E-state index contributed by atoms with van der Waals surface area (Å²) >= 11 is 12.7. The van der Waals surface area contributed by atoms with Gasteiger partial charge in [0.15, 0.2) is 0 Å². The number of aliphatic carboxylic acids is 1. The molecule has 13 heteroatoms. The number of amides is 2. The Labute approximate surface area is 258 Å². The summed E-state index contributed by atoms with van der Waals surface area (Å²) < 4.78 is 34.4. The third-order valence-electron chi connectivity index (χ3n) is 6.31. The molecule has 4 aromatic rings. The molecule has 2 amide bonds. The van der Waals surface area contributed by atoms with Crippen molar-refractivity contribution in [2.24, 2.45) is 0 Å². The number of halogens is 2. The van der Waals surface area contributed by atoms with Crippen LogP contribution in [0.1, 0.15) is 35.0 Å². The predicted octanol–water partition coefficient (Wildman–Crippen LogP) is 6.06. The molecule has 3 aromatic carbocycles. The Balaban J connectivity index is 1.68. The molecule has 0 aliphatic rings. The van der Waals surface area contributed by atoms with Crippen LogP contribution in [-0.4, -0.2) is 42.8 Å². The Bertz CT molecular complexity index is 1730. The van der Waals surface area contributed by atoms with Crippen LogP contribution < -0.4 is 9.62 Å². The number of sulfonamides is 1. The van der Waals surface area contributed by atoms with Crippen molar-refractivity contribution in [3.05, 3.63) is 112 Å². The van der Waals surface area contributed by atoms with Crippen LogP contribution in [0.15, 0.2) is 94.4 Å². The molecule has 10 nitrogen and oxygen atoms in total. The van der Waals surface area contributed by atoms with Crippen molar-refractivity contribution < 1.29 is 32.3 Å². The van der Waals surface area contributed by atoms with Crippen LogP contribution in [0.25, 0.3) is 0 Å². The average molecular weight is 645 g/mol. The Kier molecular flexibility index (Phi) is 10.1. The van der Waals surface area contributed by atoms with Gasteiger partial charge in [-0.25, -0.2) is 8.42 Å². The summed E-state index contributed by atoms with van der Waals surface area (Å²) in [6.45, 7) is 1.77. The molecule has 0 saturated carbocycles. The summed E-state index contributed by atoms with van der Waals surface area (Å²) in [5.74, 6) is -1.90. The van der Waals surface area contributed by atoms with E-state index in [1.54, 1.807) is 61.5 Å². The first-order valence-corrected chi connectivity index (χ1v) is 15.2. The lowest BCUT2D eigenvalue weighted by Crippen LogP contribution is -2.34. The molecule has 0 saturated heterocycles. The fourth-order valence-electron chi connectivity index (χ4n) is 4.37. The number of carbonyl (C=O) groups is 3. The van der Waals surface area contributed by atoms with Crippen LogP contribution in [0.2, 0.25) is 10.0 Å². The molecule has 4 rings (SSSR count). The first-order valence-electron chi connectivity index (χ1n) is 13.0. The van der Waals surface area contributed by atoms with Crippen LogP contribution in [-0.2, 0) is 32.7 Å². The zero-order valence-corrected chi connectivity index (χ0v) is 25.2. The second kappa shape index (κ2) is 13.8. The highest BCUT2D eigenvalue weighted by Gasteiger charge is 2.28. The minimum atomic E-state index is -4.13. The van der Waals surface area contributed by atoms with E-state index in [1.807, 2.05) is 0 Å². The average Bonchev–Trinajstić information content (AvgIpc) is 3.47. The summed E-state index contributed by atoms with van der Waals surface area (Å²) in [7, 11) is -4.13. The summed E-state index contributed by atoms with van der Waals surface area (Å²) in [6, 6.07) is 20.2. The molecular formula is C30H27Cl2N3O7S. The van der Waals surface area contributed by atoms with E-state index in [1.165, 1.54) is 39.7 Å². The van der Waals surface area contributed by atoms with E-state index in [2.05, 4.69) is 5.32 Å². The Morgan fingerprint density at radius 2 is 1.65 bits per heavy atom. The van der Waals surface area contributed by atoms with E-state index >= 15 is 0 Å². The molecule has 0 atom stereocenters. The van der Waals surface area contributed by atoms with Gasteiger partial charge in [0.1, 0.15) is 12.2 Å². The SMILES string of the molecule is CCN(c1ccc(Cl)cc1CN(Cc1ccco1)C(=O)c1ccccc1Cl)S(=O)(=O)c1ccc(NC(=O)CC(=O)O)cc1. The number of carboxylic acids is 1. The summed E-state index contributed by atoms with van der Waals surface area (Å²) in [5.41, 5.74) is 1.28. The third kappa shape index (κ3) is 7.75. The Morgan fingerprint density at radius 1 is 0.930 bits per heavy atom. The largest absolute Gasteiger partial charge is 0.481 e. The van der Waals surface area contributed by atoms with Crippen LogP contribution in [0.4, 0.5) is 11.4 Å². The van der Waals surface area contributed by atoms with Gasteiger partial charge >= 0.3 is 5.97 Å². The van der Waals surface area contributed by atoms with Gasteiger partial charge in [0, 0.05) is 23.8 Å². The number of rotatable bonds is 12. The molecule has 1 heterocycles. The van der Waals surface area contributed by atoms with Crippen molar-refractivity contribution in [2.75, 3.05) is 16.2 Å². The number of carboxylic acid groups (broad SMARTS) is 1. The molecule has 0 radical (unpaired) electrons. The second-order valence-electron chi connectivity index (χ2n) is 9.31. The third-order valence-corrected chi connectivity index (χ3v) is 8.78. The second-order valence-corrected chi connectivity index (χ2v) is 12.0. The number of furan rings is 1. The molecule has 0 spiro atoms. The van der Waals surface area contributed by atoms with Crippen molar-refractivity contribution in [3.63, 3.8) is 0 Å². The summed E-state index contributed by atoms with van der Waals surface area (Å²) in [4.78, 5) is 37.7. The van der Waals surface area contributed by atoms with Gasteiger partial charge < -0.3 is 19.7 Å². The van der Waals surface area contributed by atoms with Crippen molar-refractivity contribution in [1.29, 1.82) is 0 Å². The van der Waals surface area contributed by atoms with Gasteiger partial charge in [-0.2, -0.15) is 0 Å². The Hall–Kier alpha value is -4.32. The van der Waals surface area contributed by atoms with Crippen LogP contribution in [0.3, 0.4) is 0 Å². The lowest BCUT2D eigenvalue weighted by molar-refractivity contribution is -0.139. The number of hydrogen-bond donors (Lipinski definition) is 2. The highest BCUT2D eigenvalue weighted by atomic mass is 35.5. The van der Waals surface area contributed by atoms with E-state index in [4.69, 9.17) is 32.7 Å². The van der Waals surface area contributed by atoms with Gasteiger partial charge in [-0.05, 0) is 79.2 Å². The molecule has 0 aliphatic carbocycles. The zero-order chi connectivity index (χ0) is 31.1. The fourth-order valence-corrected chi connectivity index (χ4v) is 6.30. The van der Waals surface area contributed by atoms with Crippen LogP contribution >= 0.6 is 23.2 Å². The monoisotopic (exact) mass is 643 g/mol. The molecule has 1 aromatic heterocycles. The van der Waals surface area contributed by atoms with Crippen molar-refractivity contribution in [3.8, 4) is 0 Å². The van der Waals surface area contributed by atoms with Gasteiger partial charge in [0.25, 0.3) is 15.9 Å². The lowest BCUT2D eigenvalue weighted by atomic mass is 10.1. The van der Waals surface area contributed by atoms with Crippen molar-refractivity contribution in [2.45, 2.75) is 31.3 Å². The zero-order valence-electron chi connectivity index (χ0n) is 22.9. The van der Waals surface area contributed by atoms with Crippen molar-refractivity contribution >= 4 is 62.4 Å². The minimum absolute atomic E-state index is 0.0266. The van der Waals surface area contributed by atoms with E-state index in [-0.39, 0.29) is 46.7 Å². The molecule has 0 fully saturated rings. The molecule has 0 aliphatic heterocycles. The van der Waals surface area contributed by atoms with E-state index in [0.29, 0.717) is 22.0 Å². The Morgan fingerprint density at radius 3 is 2.28 bits per heavy atom. The van der Waals surface area contributed by atoms with E-state index in [9.17, 15) is 22.8 Å². The molecule has 43 heavy (non-hydrogen) atoms. The number of anilines is 2. The first-order chi connectivity index (χ1) is 20.5. The van der Waals surface area contributed by atoms with Crippen LogP contribution in [0.5, 0.6) is 0 Å². The van der Waals surface area contributed by atoms with Gasteiger partial charge in [-0.3, -0.25) is 18.7 Å². The highest BCUT2D eigenvalue weighted by molar-refractivity contribution is 7.92. The number of benzene rings is 3. The maximum Gasteiger partial charge on any atom is 0.312 e. The molecule has 0 bridgehead atoms. The maximum absolute atomic E-state index is 13.8. The van der Waals surface area contributed by atoms with Crippen molar-refractivity contribution in [1.82, 2.24) is 4.90 Å². The summed E-state index contributed by atoms with van der Waals surface area (Å²) in [6.07, 6.45) is 0.769. The molecule has 224 valence electrons. The lowest BCUT2D eigenvalue weighted by Gasteiger charge is -2.28. The number of nitrogens with zero attached hydrogens (tertiary/aromatic N) is 2. The molecule has 2 N–H and O–H groups in total. The van der Waals surface area contributed by atoms with Gasteiger partial charge in [0.2, 0.25) is 5.91 Å². The quantitative estimate of drug-likeness (QED) is 0.179. The highest BCUT2D eigenvalue weighted by Crippen LogP contribution is 2.32. The van der Waals surface area contributed by atoms with Gasteiger partial charge in [-0.1, -0.05) is 35.3 Å². The van der Waals surface area contributed by atoms with E-state index in [0.717, 1.165) is 0 Å². The van der Waals surface area contributed by atoms with E-state index < -0.39 is 28.3 Å². The predicted molar refractivity (Wildman–Crippen MR) is 163 cm³/mol. The fraction of sp³-hybridized carbons (Fsp3) is 0.167. The maximum atomic E-state index is 13.8. The standard InChI is InChI=1S/C30H27Cl2N3O7S/c1-2-35(43(40,41)24-12-10-22(11-13-24)33-28(36)17-29(37)38)27-14-9-21(31)16-20(27)18-34(19-23-6-5-15-42-23)30(39)25-7-3-4-8-26(25)32/h3-16H,2,17-19H2,1H3,(H,33,36)(H,37,38). The number of carbonyl (C=O) groups excluding carboxylic acids is 2. The number of nitrogens with one attached hydrogen (secondary N) is 1. The smallest absolute Gasteiger partial charge is 0.312 e. The molecule has 0 unspecified atom stereocenters. The normalized spacial score (nSPS) is 11.1. The molecular weight excluding hydrogens is 617 g/mol. The number of hydrogen-bond acceptors (Lipinski definition) is 6. The summed E-state index contributed by atoms with van der Waals surface area (Å²) in [5, 5.41) is 11.8. The van der Waals surface area contributed by atoms with Crippen LogP contribution in [0, 0.1) is 0 Å². The van der Waals surface area contributed by atoms with Gasteiger partial charge in [-0.15, -0.1) is 0 Å².